The smallest absolute Gasteiger partial charge is 0.174 e. The van der Waals surface area contributed by atoms with E-state index in [1.165, 1.54) is 0 Å². The summed E-state index contributed by atoms with van der Waals surface area (Å²) in [6.45, 7) is 0. The second-order valence-electron chi connectivity index (χ2n) is 6.16. The van der Waals surface area contributed by atoms with Gasteiger partial charge in [0, 0.05) is 24.2 Å². The number of ether oxygens (including phenoxy) is 2. The Morgan fingerprint density at radius 1 is 1.07 bits per heavy atom. The monoisotopic (exact) mass is 380 g/mol. The molecule has 6 nitrogen and oxygen atoms in total. The molecule has 2 N–H and O–H groups in total. The first-order valence-electron chi connectivity index (χ1n) is 8.59. The van der Waals surface area contributed by atoms with E-state index in [-0.39, 0.29) is 12.1 Å². The lowest BCUT2D eigenvalue weighted by molar-refractivity contribution is 0.394. The van der Waals surface area contributed by atoms with Crippen LogP contribution < -0.4 is 19.7 Å². The van der Waals surface area contributed by atoms with Crippen molar-refractivity contribution in [2.24, 2.45) is 0 Å². The van der Waals surface area contributed by atoms with Gasteiger partial charge in [-0.3, -0.25) is 4.98 Å². The van der Waals surface area contributed by atoms with Crippen molar-refractivity contribution < 1.29 is 9.47 Å². The van der Waals surface area contributed by atoms with Crippen LogP contribution in [0.15, 0.2) is 60.9 Å². The zero-order chi connectivity index (χ0) is 18.8. The standard InChI is InChI=1S/C20H20N4O2S/c1-25-13-8-9-16(17(12-13)26-2)24-19(15-7-5-11-22-15)18(23-20(24)27)14-6-3-4-10-21-14/h3-12,18-19,22H,1-2H3,(H,23,27)/t18-,19-/m1/s1. The first-order valence-corrected chi connectivity index (χ1v) is 8.99. The SMILES string of the molecule is COc1ccc(N2C(=S)N[C@H](c3ccccn3)[C@H]2c2ccc[nH]2)c(OC)c1. The van der Waals surface area contributed by atoms with Gasteiger partial charge in [-0.1, -0.05) is 6.07 Å². The molecule has 2 aromatic heterocycles. The molecule has 27 heavy (non-hydrogen) atoms. The first kappa shape index (κ1) is 17.4. The lowest BCUT2D eigenvalue weighted by Crippen LogP contribution is -2.29. The van der Waals surface area contributed by atoms with E-state index in [0.717, 1.165) is 22.8 Å². The van der Waals surface area contributed by atoms with Crippen molar-refractivity contribution in [2.75, 3.05) is 19.1 Å². The molecule has 3 aromatic rings. The topological polar surface area (TPSA) is 62.4 Å². The molecule has 138 valence electrons. The fourth-order valence-corrected chi connectivity index (χ4v) is 3.78. The maximum Gasteiger partial charge on any atom is 0.174 e. The van der Waals surface area contributed by atoms with E-state index >= 15 is 0 Å². The van der Waals surface area contributed by atoms with Crippen molar-refractivity contribution in [3.05, 3.63) is 72.3 Å². The number of aromatic nitrogens is 2. The summed E-state index contributed by atoms with van der Waals surface area (Å²) in [5, 5.41) is 4.04. The molecule has 1 fully saturated rings. The van der Waals surface area contributed by atoms with Gasteiger partial charge in [0.25, 0.3) is 0 Å². The lowest BCUT2D eigenvalue weighted by atomic mass is 10.0. The van der Waals surface area contributed by atoms with Crippen LogP contribution in [0.4, 0.5) is 5.69 Å². The van der Waals surface area contributed by atoms with E-state index in [1.807, 2.05) is 48.7 Å². The van der Waals surface area contributed by atoms with Crippen LogP contribution in [-0.2, 0) is 0 Å². The van der Waals surface area contributed by atoms with E-state index in [1.54, 1.807) is 20.4 Å². The number of pyridine rings is 1. The van der Waals surface area contributed by atoms with Crippen molar-refractivity contribution in [3.63, 3.8) is 0 Å². The zero-order valence-corrected chi connectivity index (χ0v) is 15.9. The second-order valence-corrected chi connectivity index (χ2v) is 6.55. The van der Waals surface area contributed by atoms with Crippen molar-refractivity contribution >= 4 is 23.0 Å². The predicted molar refractivity (Wildman–Crippen MR) is 108 cm³/mol. The number of hydrogen-bond acceptors (Lipinski definition) is 4. The third kappa shape index (κ3) is 3.10. The Hall–Kier alpha value is -3.06. The van der Waals surface area contributed by atoms with Crippen LogP contribution in [0.5, 0.6) is 11.5 Å². The molecule has 4 rings (SSSR count). The highest BCUT2D eigenvalue weighted by atomic mass is 32.1. The highest BCUT2D eigenvalue weighted by Crippen LogP contribution is 2.44. The number of rotatable bonds is 5. The molecule has 0 amide bonds. The van der Waals surface area contributed by atoms with Gasteiger partial charge in [0.05, 0.1) is 31.6 Å². The molecule has 0 unspecified atom stereocenters. The molecule has 1 aliphatic heterocycles. The molecule has 0 bridgehead atoms. The van der Waals surface area contributed by atoms with E-state index in [9.17, 15) is 0 Å². The molecular formula is C20H20N4O2S. The second kappa shape index (κ2) is 7.28. The number of anilines is 1. The third-order valence-corrected chi connectivity index (χ3v) is 5.00. The molecule has 1 aromatic carbocycles. The predicted octanol–water partition coefficient (Wildman–Crippen LogP) is 3.60. The van der Waals surface area contributed by atoms with Crippen LogP contribution in [0.3, 0.4) is 0 Å². The van der Waals surface area contributed by atoms with E-state index in [2.05, 4.69) is 26.3 Å². The number of H-pyrrole nitrogens is 1. The van der Waals surface area contributed by atoms with E-state index in [4.69, 9.17) is 21.7 Å². The number of nitrogens with zero attached hydrogens (tertiary/aromatic N) is 2. The lowest BCUT2D eigenvalue weighted by Gasteiger charge is -2.28. The molecule has 0 spiro atoms. The molecule has 0 radical (unpaired) electrons. The molecular weight excluding hydrogens is 360 g/mol. The highest BCUT2D eigenvalue weighted by molar-refractivity contribution is 7.80. The van der Waals surface area contributed by atoms with E-state index < -0.39 is 0 Å². The van der Waals surface area contributed by atoms with Gasteiger partial charge in [-0.25, -0.2) is 0 Å². The van der Waals surface area contributed by atoms with Gasteiger partial charge in [0.15, 0.2) is 5.11 Å². The maximum atomic E-state index is 5.71. The minimum absolute atomic E-state index is 0.0929. The Kier molecular flexibility index (Phi) is 4.68. The highest BCUT2D eigenvalue weighted by Gasteiger charge is 2.42. The largest absolute Gasteiger partial charge is 0.497 e. The minimum atomic E-state index is -0.0934. The Bertz CT molecular complexity index is 930. The Morgan fingerprint density at radius 3 is 2.63 bits per heavy atom. The number of benzene rings is 1. The fourth-order valence-electron chi connectivity index (χ4n) is 3.44. The molecule has 1 saturated heterocycles. The summed E-state index contributed by atoms with van der Waals surface area (Å²) in [5.41, 5.74) is 2.83. The number of methoxy groups -OCH3 is 2. The van der Waals surface area contributed by atoms with Crippen LogP contribution in [0, 0.1) is 0 Å². The summed E-state index contributed by atoms with van der Waals surface area (Å²) >= 11 is 5.71. The summed E-state index contributed by atoms with van der Waals surface area (Å²) in [7, 11) is 3.28. The summed E-state index contributed by atoms with van der Waals surface area (Å²) in [6.07, 6.45) is 3.71. The molecule has 3 heterocycles. The van der Waals surface area contributed by atoms with Crippen LogP contribution in [-0.4, -0.2) is 29.3 Å². The quantitative estimate of drug-likeness (QED) is 0.660. The van der Waals surface area contributed by atoms with Gasteiger partial charge in [0.1, 0.15) is 17.5 Å². The van der Waals surface area contributed by atoms with Gasteiger partial charge in [0.2, 0.25) is 0 Å². The van der Waals surface area contributed by atoms with Crippen LogP contribution in [0.1, 0.15) is 23.5 Å². The average molecular weight is 380 g/mol. The average Bonchev–Trinajstić information content (AvgIpc) is 3.35. The van der Waals surface area contributed by atoms with Gasteiger partial charge >= 0.3 is 0 Å². The van der Waals surface area contributed by atoms with Crippen molar-refractivity contribution in [3.8, 4) is 11.5 Å². The minimum Gasteiger partial charge on any atom is -0.497 e. The Morgan fingerprint density at radius 2 is 1.96 bits per heavy atom. The van der Waals surface area contributed by atoms with Crippen LogP contribution in [0.2, 0.25) is 0 Å². The first-order chi connectivity index (χ1) is 13.2. The van der Waals surface area contributed by atoms with Gasteiger partial charge in [-0.2, -0.15) is 0 Å². The normalized spacial score (nSPS) is 19.0. The molecule has 0 saturated carbocycles. The van der Waals surface area contributed by atoms with Crippen molar-refractivity contribution in [2.45, 2.75) is 12.1 Å². The zero-order valence-electron chi connectivity index (χ0n) is 15.0. The van der Waals surface area contributed by atoms with Crippen LogP contribution >= 0.6 is 12.2 Å². The molecule has 0 aliphatic carbocycles. The van der Waals surface area contributed by atoms with Gasteiger partial charge in [-0.05, 0) is 48.6 Å². The summed E-state index contributed by atoms with van der Waals surface area (Å²) in [4.78, 5) is 9.93. The molecule has 1 aliphatic rings. The Labute approximate surface area is 163 Å². The number of aromatic amines is 1. The van der Waals surface area contributed by atoms with Gasteiger partial charge in [-0.15, -0.1) is 0 Å². The van der Waals surface area contributed by atoms with Gasteiger partial charge < -0.3 is 24.7 Å². The number of nitrogens with one attached hydrogen (secondary N) is 2. The molecule has 2 atom stereocenters. The van der Waals surface area contributed by atoms with Crippen molar-refractivity contribution in [1.29, 1.82) is 0 Å². The summed E-state index contributed by atoms with van der Waals surface area (Å²) in [6, 6.07) is 15.5. The summed E-state index contributed by atoms with van der Waals surface area (Å²) in [5.74, 6) is 1.42. The fraction of sp³-hybridized carbons (Fsp3) is 0.200. The van der Waals surface area contributed by atoms with Crippen LogP contribution in [0.25, 0.3) is 0 Å². The van der Waals surface area contributed by atoms with E-state index in [0.29, 0.717) is 10.9 Å². The third-order valence-electron chi connectivity index (χ3n) is 4.69. The maximum absolute atomic E-state index is 5.71. The molecule has 7 heteroatoms. The Balaban J connectivity index is 1.83. The van der Waals surface area contributed by atoms with Crippen molar-refractivity contribution in [1.82, 2.24) is 15.3 Å². The number of thiocarbonyl (C=S) groups is 1. The number of hydrogen-bond donors (Lipinski definition) is 2. The summed E-state index contributed by atoms with van der Waals surface area (Å²) < 4.78 is 10.9.